The predicted octanol–water partition coefficient (Wildman–Crippen LogP) is 0.560. The van der Waals surface area contributed by atoms with Gasteiger partial charge >= 0.3 is 0 Å². The molecule has 1 saturated carbocycles. The largest absolute Gasteiger partial charge is 0.368 e. The first-order valence-electron chi connectivity index (χ1n) is 10.9. The van der Waals surface area contributed by atoms with Crippen LogP contribution in [0.3, 0.4) is 0 Å². The number of primary amides is 1. The molecule has 1 amide bonds. The molecule has 5 rings (SSSR count). The molecule has 0 spiro atoms. The Hall–Kier alpha value is -2.89. The van der Waals surface area contributed by atoms with E-state index in [-0.39, 0.29) is 12.1 Å². The first kappa shape index (κ1) is 21.0. The Morgan fingerprint density at radius 3 is 2.62 bits per heavy atom. The molecule has 0 bridgehead atoms. The molecule has 3 aromatic heterocycles. The van der Waals surface area contributed by atoms with Crippen molar-refractivity contribution in [2.75, 3.05) is 26.2 Å². The van der Waals surface area contributed by atoms with E-state index in [0.717, 1.165) is 50.5 Å². The van der Waals surface area contributed by atoms with Gasteiger partial charge in [0, 0.05) is 50.9 Å². The number of fused-ring (bicyclic) bond motifs is 1. The van der Waals surface area contributed by atoms with Crippen LogP contribution in [-0.2, 0) is 24.6 Å². The van der Waals surface area contributed by atoms with Crippen LogP contribution >= 0.6 is 12.2 Å². The molecule has 4 heterocycles. The van der Waals surface area contributed by atoms with E-state index >= 15 is 0 Å². The van der Waals surface area contributed by atoms with Crippen molar-refractivity contribution in [1.29, 1.82) is 0 Å². The van der Waals surface area contributed by atoms with Gasteiger partial charge in [-0.2, -0.15) is 5.10 Å². The fourth-order valence-corrected chi connectivity index (χ4v) is 4.45. The summed E-state index contributed by atoms with van der Waals surface area (Å²) in [6.07, 6.45) is 3.89. The molecule has 1 aliphatic carbocycles. The molecule has 1 saturated heterocycles. The Kier molecular flexibility index (Phi) is 5.62. The van der Waals surface area contributed by atoms with E-state index in [1.807, 2.05) is 22.9 Å². The molecule has 32 heavy (non-hydrogen) atoms. The van der Waals surface area contributed by atoms with Gasteiger partial charge in [0.1, 0.15) is 18.0 Å². The van der Waals surface area contributed by atoms with E-state index in [9.17, 15) is 9.59 Å². The van der Waals surface area contributed by atoms with Crippen LogP contribution in [0.5, 0.6) is 0 Å². The molecule has 0 atom stereocenters. The Labute approximate surface area is 189 Å². The molecular formula is C21H26N8O2S. The summed E-state index contributed by atoms with van der Waals surface area (Å²) in [6, 6.07) is 7.17. The van der Waals surface area contributed by atoms with Gasteiger partial charge in [-0.15, -0.1) is 0 Å². The second-order valence-electron chi connectivity index (χ2n) is 8.52. The molecule has 0 aromatic carbocycles. The number of amides is 1. The molecule has 2 fully saturated rings. The smallest absolute Gasteiger partial charge is 0.258 e. The molecule has 2 aliphatic rings. The molecule has 3 aromatic rings. The number of hydrogen-bond donors (Lipinski definition) is 1. The van der Waals surface area contributed by atoms with Crippen LogP contribution < -0.4 is 11.3 Å². The second kappa shape index (κ2) is 8.57. The van der Waals surface area contributed by atoms with Gasteiger partial charge in [0.25, 0.3) is 5.56 Å². The van der Waals surface area contributed by atoms with Crippen molar-refractivity contribution >= 4 is 23.8 Å². The molecule has 168 valence electrons. The van der Waals surface area contributed by atoms with Gasteiger partial charge in [0.2, 0.25) is 5.91 Å². The van der Waals surface area contributed by atoms with E-state index in [4.69, 9.17) is 23.1 Å². The van der Waals surface area contributed by atoms with Gasteiger partial charge in [0.15, 0.2) is 4.77 Å². The zero-order valence-corrected chi connectivity index (χ0v) is 18.6. The van der Waals surface area contributed by atoms with E-state index < -0.39 is 5.91 Å². The van der Waals surface area contributed by atoms with Crippen molar-refractivity contribution < 1.29 is 4.79 Å². The van der Waals surface area contributed by atoms with Gasteiger partial charge in [-0.05, 0) is 37.2 Å². The summed E-state index contributed by atoms with van der Waals surface area (Å²) in [5.41, 5.74) is 6.81. The highest BCUT2D eigenvalue weighted by Gasteiger charge is 2.31. The third-order valence-electron chi connectivity index (χ3n) is 6.02. The van der Waals surface area contributed by atoms with Crippen molar-refractivity contribution in [1.82, 2.24) is 33.5 Å². The van der Waals surface area contributed by atoms with E-state index in [1.165, 1.54) is 0 Å². The number of nitrogens with two attached hydrogens (primary N) is 1. The van der Waals surface area contributed by atoms with E-state index in [1.54, 1.807) is 21.2 Å². The fraction of sp³-hybridized carbons (Fsp3) is 0.476. The summed E-state index contributed by atoms with van der Waals surface area (Å²) < 4.78 is 5.70. The number of pyridine rings is 1. The quantitative estimate of drug-likeness (QED) is 0.520. The normalized spacial score (nSPS) is 17.8. The van der Waals surface area contributed by atoms with Gasteiger partial charge < -0.3 is 5.73 Å². The van der Waals surface area contributed by atoms with Crippen molar-refractivity contribution in [3.8, 4) is 0 Å². The molecule has 2 N–H and O–H groups in total. The maximum Gasteiger partial charge on any atom is 0.258 e. The number of nitrogens with zero attached hydrogens (tertiary/aromatic N) is 7. The molecule has 0 unspecified atom stereocenters. The first-order chi connectivity index (χ1) is 15.5. The zero-order chi connectivity index (χ0) is 22.2. The highest BCUT2D eigenvalue weighted by Crippen LogP contribution is 2.39. The maximum atomic E-state index is 12.3. The molecular weight excluding hydrogens is 428 g/mol. The maximum absolute atomic E-state index is 12.3. The fourth-order valence-electron chi connectivity index (χ4n) is 4.19. The summed E-state index contributed by atoms with van der Waals surface area (Å²) in [4.78, 5) is 33.0. The summed E-state index contributed by atoms with van der Waals surface area (Å²) in [5, 5.41) is 4.71. The first-order valence-corrected chi connectivity index (χ1v) is 11.3. The van der Waals surface area contributed by atoms with Crippen LogP contribution in [0.1, 0.15) is 30.3 Å². The molecule has 10 nitrogen and oxygen atoms in total. The number of hydrogen-bond acceptors (Lipinski definition) is 7. The minimum absolute atomic E-state index is 0.0587. The summed E-state index contributed by atoms with van der Waals surface area (Å²) in [5.74, 6) is 0.854. The minimum atomic E-state index is -0.405. The number of aromatic nitrogens is 5. The third-order valence-corrected chi connectivity index (χ3v) is 6.45. The summed E-state index contributed by atoms with van der Waals surface area (Å²) in [6.45, 7) is 4.75. The van der Waals surface area contributed by atoms with E-state index in [2.05, 4.69) is 14.8 Å². The van der Waals surface area contributed by atoms with Crippen LogP contribution in [0.15, 0.2) is 35.3 Å². The highest BCUT2D eigenvalue weighted by atomic mass is 32.1. The third kappa shape index (κ3) is 4.36. The Balaban J connectivity index is 1.23. The molecule has 11 heteroatoms. The lowest BCUT2D eigenvalue weighted by atomic mass is 10.3. The Bertz CT molecular complexity index is 1270. The second-order valence-corrected chi connectivity index (χ2v) is 8.88. The van der Waals surface area contributed by atoms with E-state index in [0.29, 0.717) is 29.5 Å². The monoisotopic (exact) mass is 454 g/mol. The molecule has 1 aliphatic heterocycles. The summed E-state index contributed by atoms with van der Waals surface area (Å²) >= 11 is 5.59. The minimum Gasteiger partial charge on any atom is -0.368 e. The lowest BCUT2D eigenvalue weighted by Crippen LogP contribution is -2.46. The van der Waals surface area contributed by atoms with Gasteiger partial charge in [-0.3, -0.25) is 28.4 Å². The van der Waals surface area contributed by atoms with Crippen LogP contribution in [0.4, 0.5) is 0 Å². The average Bonchev–Trinajstić information content (AvgIpc) is 3.57. The average molecular weight is 455 g/mol. The van der Waals surface area contributed by atoms with Gasteiger partial charge in [-0.1, -0.05) is 6.07 Å². The van der Waals surface area contributed by atoms with Crippen molar-refractivity contribution in [3.05, 3.63) is 57.1 Å². The van der Waals surface area contributed by atoms with Crippen LogP contribution in [0, 0.1) is 4.77 Å². The van der Waals surface area contributed by atoms with Crippen molar-refractivity contribution in [3.63, 3.8) is 0 Å². The Morgan fingerprint density at radius 2 is 1.91 bits per heavy atom. The van der Waals surface area contributed by atoms with Crippen LogP contribution in [0.2, 0.25) is 0 Å². The van der Waals surface area contributed by atoms with Crippen LogP contribution in [0.25, 0.3) is 5.65 Å². The standard InChI is InChI=1S/C21H26N8O2S/c22-17(30)13-28-20(15-4-5-15)24-29(21(28)32)14-26-9-7-25(8-10-26)12-16-11-19(31)27-6-2-1-3-18(27)23-16/h1-3,6,11,15H,4-5,7-10,12-14H2,(H2,22,30). The SMILES string of the molecule is NC(=O)Cn1c(C2CC2)nn(CN2CCN(Cc3cc(=O)n4ccccc4n3)CC2)c1=S. The number of carbonyl (C=O) groups excluding carboxylic acids is 1. The lowest BCUT2D eigenvalue weighted by Gasteiger charge is -2.34. The molecule has 0 radical (unpaired) electrons. The highest BCUT2D eigenvalue weighted by molar-refractivity contribution is 7.71. The lowest BCUT2D eigenvalue weighted by molar-refractivity contribution is -0.118. The Morgan fingerprint density at radius 1 is 1.16 bits per heavy atom. The van der Waals surface area contributed by atoms with Gasteiger partial charge in [-0.25, -0.2) is 9.67 Å². The predicted molar refractivity (Wildman–Crippen MR) is 121 cm³/mol. The summed E-state index contributed by atoms with van der Waals surface area (Å²) in [7, 11) is 0. The van der Waals surface area contributed by atoms with Crippen LogP contribution in [-0.4, -0.2) is 65.6 Å². The van der Waals surface area contributed by atoms with Gasteiger partial charge in [0.05, 0.1) is 12.4 Å². The topological polar surface area (TPSA) is 107 Å². The van der Waals surface area contributed by atoms with Crippen molar-refractivity contribution in [2.24, 2.45) is 5.73 Å². The zero-order valence-electron chi connectivity index (χ0n) is 17.8. The number of carbonyl (C=O) groups is 1. The number of rotatable bonds is 7. The van der Waals surface area contributed by atoms with Crippen molar-refractivity contribution in [2.45, 2.75) is 38.5 Å². The number of piperazine rings is 1.